The van der Waals surface area contributed by atoms with Gasteiger partial charge in [0.15, 0.2) is 0 Å². The summed E-state index contributed by atoms with van der Waals surface area (Å²) in [6.07, 6.45) is 0. The molecule has 0 saturated heterocycles. The summed E-state index contributed by atoms with van der Waals surface area (Å²) in [5, 5.41) is 0. The van der Waals surface area contributed by atoms with Crippen LogP contribution in [0.3, 0.4) is 0 Å². The van der Waals surface area contributed by atoms with Crippen LogP contribution in [0, 0.1) is 6.92 Å². The van der Waals surface area contributed by atoms with E-state index in [1.54, 1.807) is 7.11 Å². The summed E-state index contributed by atoms with van der Waals surface area (Å²) in [7, 11) is 1.67. The van der Waals surface area contributed by atoms with Crippen LogP contribution in [0.1, 0.15) is 11.4 Å². The molecule has 0 aliphatic heterocycles. The maximum Gasteiger partial charge on any atom is 0.133 e. The smallest absolute Gasteiger partial charge is 0.133 e. The summed E-state index contributed by atoms with van der Waals surface area (Å²) in [5.41, 5.74) is 3.31. The van der Waals surface area contributed by atoms with Crippen molar-refractivity contribution in [2.75, 3.05) is 7.11 Å². The Morgan fingerprint density at radius 1 is 1.46 bits per heavy atom. The fraction of sp³-hybridized carbons (Fsp3) is 0.300. The standard InChI is InChI=1S/C10H12N2O/c1-7-3-4-8-9(5-7)12-10(11-8)6-13-2/h3-5H,6H2,1-2H3,(H,11,12). The first-order valence-electron chi connectivity index (χ1n) is 4.24. The van der Waals surface area contributed by atoms with E-state index in [0.29, 0.717) is 6.61 Å². The molecule has 0 aliphatic rings. The minimum Gasteiger partial charge on any atom is -0.377 e. The fourth-order valence-corrected chi connectivity index (χ4v) is 1.38. The van der Waals surface area contributed by atoms with Crippen LogP contribution >= 0.6 is 0 Å². The van der Waals surface area contributed by atoms with Gasteiger partial charge in [0.05, 0.1) is 11.0 Å². The quantitative estimate of drug-likeness (QED) is 0.760. The van der Waals surface area contributed by atoms with E-state index in [9.17, 15) is 0 Å². The molecule has 0 bridgehead atoms. The van der Waals surface area contributed by atoms with Gasteiger partial charge in [-0.15, -0.1) is 0 Å². The van der Waals surface area contributed by atoms with Gasteiger partial charge >= 0.3 is 0 Å². The molecule has 3 nitrogen and oxygen atoms in total. The lowest BCUT2D eigenvalue weighted by atomic mass is 10.2. The highest BCUT2D eigenvalue weighted by Gasteiger charge is 2.01. The third-order valence-electron chi connectivity index (χ3n) is 1.97. The van der Waals surface area contributed by atoms with Gasteiger partial charge in [-0.2, -0.15) is 0 Å². The Hall–Kier alpha value is -1.35. The van der Waals surface area contributed by atoms with Crippen molar-refractivity contribution >= 4 is 11.0 Å². The number of nitrogens with one attached hydrogen (secondary N) is 1. The number of hydrogen-bond acceptors (Lipinski definition) is 2. The zero-order valence-corrected chi connectivity index (χ0v) is 7.79. The predicted molar refractivity (Wildman–Crippen MR) is 51.5 cm³/mol. The van der Waals surface area contributed by atoms with Gasteiger partial charge in [-0.05, 0) is 24.6 Å². The summed E-state index contributed by atoms with van der Waals surface area (Å²) in [6, 6.07) is 6.15. The molecular formula is C10H12N2O. The van der Waals surface area contributed by atoms with Crippen molar-refractivity contribution in [3.63, 3.8) is 0 Å². The summed E-state index contributed by atoms with van der Waals surface area (Å²) in [6.45, 7) is 2.60. The van der Waals surface area contributed by atoms with Gasteiger partial charge in [-0.1, -0.05) is 6.07 Å². The van der Waals surface area contributed by atoms with Gasteiger partial charge in [0, 0.05) is 7.11 Å². The second-order valence-electron chi connectivity index (χ2n) is 3.14. The third kappa shape index (κ3) is 1.55. The van der Waals surface area contributed by atoms with Crippen LogP contribution in [-0.4, -0.2) is 17.1 Å². The van der Waals surface area contributed by atoms with Crippen molar-refractivity contribution in [1.82, 2.24) is 9.97 Å². The first-order chi connectivity index (χ1) is 6.29. The van der Waals surface area contributed by atoms with Crippen LogP contribution in [0.5, 0.6) is 0 Å². The Kier molecular flexibility index (Phi) is 2.02. The number of methoxy groups -OCH3 is 1. The highest BCUT2D eigenvalue weighted by Crippen LogP contribution is 2.13. The lowest BCUT2D eigenvalue weighted by Gasteiger charge is -1.90. The van der Waals surface area contributed by atoms with E-state index in [1.807, 2.05) is 6.07 Å². The molecule has 68 valence electrons. The van der Waals surface area contributed by atoms with Crippen LogP contribution < -0.4 is 0 Å². The molecule has 0 spiro atoms. The number of ether oxygens (including phenoxy) is 1. The van der Waals surface area contributed by atoms with Gasteiger partial charge < -0.3 is 9.72 Å². The van der Waals surface area contributed by atoms with E-state index < -0.39 is 0 Å². The Bertz CT molecular complexity index is 420. The van der Waals surface area contributed by atoms with Crippen LogP contribution in [-0.2, 0) is 11.3 Å². The Balaban J connectivity index is 2.49. The minimum atomic E-state index is 0.535. The minimum absolute atomic E-state index is 0.535. The largest absolute Gasteiger partial charge is 0.377 e. The molecule has 1 N–H and O–H groups in total. The highest BCUT2D eigenvalue weighted by molar-refractivity contribution is 5.75. The number of benzene rings is 1. The number of aromatic nitrogens is 2. The predicted octanol–water partition coefficient (Wildman–Crippen LogP) is 2.02. The van der Waals surface area contributed by atoms with Gasteiger partial charge in [0.1, 0.15) is 12.4 Å². The Labute approximate surface area is 76.8 Å². The number of fused-ring (bicyclic) bond motifs is 1. The highest BCUT2D eigenvalue weighted by atomic mass is 16.5. The molecule has 0 aliphatic carbocycles. The molecule has 0 amide bonds. The van der Waals surface area contributed by atoms with Crippen molar-refractivity contribution < 1.29 is 4.74 Å². The monoisotopic (exact) mass is 176 g/mol. The molecule has 0 unspecified atom stereocenters. The summed E-state index contributed by atoms with van der Waals surface area (Å²) in [5.74, 6) is 0.878. The molecule has 0 saturated carbocycles. The first-order valence-corrected chi connectivity index (χ1v) is 4.24. The maximum atomic E-state index is 4.99. The van der Waals surface area contributed by atoms with Gasteiger partial charge in [-0.25, -0.2) is 4.98 Å². The molecule has 0 fully saturated rings. The normalized spacial score (nSPS) is 10.9. The number of imidazole rings is 1. The fourth-order valence-electron chi connectivity index (χ4n) is 1.38. The van der Waals surface area contributed by atoms with Gasteiger partial charge in [0.25, 0.3) is 0 Å². The molecular weight excluding hydrogens is 164 g/mol. The van der Waals surface area contributed by atoms with Crippen molar-refractivity contribution in [2.45, 2.75) is 13.5 Å². The van der Waals surface area contributed by atoms with Crippen LogP contribution in [0.4, 0.5) is 0 Å². The third-order valence-corrected chi connectivity index (χ3v) is 1.97. The van der Waals surface area contributed by atoms with E-state index in [4.69, 9.17) is 4.74 Å². The van der Waals surface area contributed by atoms with Crippen molar-refractivity contribution in [1.29, 1.82) is 0 Å². The molecule has 1 aromatic carbocycles. The molecule has 1 aromatic heterocycles. The number of aryl methyl sites for hydroxylation is 1. The molecule has 13 heavy (non-hydrogen) atoms. The van der Waals surface area contributed by atoms with E-state index in [1.165, 1.54) is 5.56 Å². The zero-order valence-electron chi connectivity index (χ0n) is 7.79. The lowest BCUT2D eigenvalue weighted by molar-refractivity contribution is 0.179. The van der Waals surface area contributed by atoms with E-state index >= 15 is 0 Å². The van der Waals surface area contributed by atoms with Crippen molar-refractivity contribution in [3.05, 3.63) is 29.6 Å². The topological polar surface area (TPSA) is 37.9 Å². The summed E-state index contributed by atoms with van der Waals surface area (Å²) in [4.78, 5) is 7.56. The number of nitrogens with zero attached hydrogens (tertiary/aromatic N) is 1. The van der Waals surface area contributed by atoms with Crippen LogP contribution in [0.15, 0.2) is 18.2 Å². The second kappa shape index (κ2) is 3.18. The summed E-state index contributed by atoms with van der Waals surface area (Å²) < 4.78 is 4.99. The maximum absolute atomic E-state index is 4.99. The number of H-pyrrole nitrogens is 1. The Morgan fingerprint density at radius 3 is 3.08 bits per heavy atom. The van der Waals surface area contributed by atoms with E-state index in [-0.39, 0.29) is 0 Å². The van der Waals surface area contributed by atoms with Crippen LogP contribution in [0.25, 0.3) is 11.0 Å². The van der Waals surface area contributed by atoms with Crippen molar-refractivity contribution in [3.8, 4) is 0 Å². The average Bonchev–Trinajstić information content (AvgIpc) is 2.46. The number of aromatic amines is 1. The number of hydrogen-bond donors (Lipinski definition) is 1. The molecule has 0 radical (unpaired) electrons. The van der Waals surface area contributed by atoms with E-state index in [0.717, 1.165) is 16.9 Å². The van der Waals surface area contributed by atoms with Gasteiger partial charge in [0.2, 0.25) is 0 Å². The van der Waals surface area contributed by atoms with Gasteiger partial charge in [-0.3, -0.25) is 0 Å². The Morgan fingerprint density at radius 2 is 2.31 bits per heavy atom. The molecule has 2 rings (SSSR count). The number of rotatable bonds is 2. The second-order valence-corrected chi connectivity index (χ2v) is 3.14. The average molecular weight is 176 g/mol. The molecule has 0 atom stereocenters. The first kappa shape index (κ1) is 8.26. The van der Waals surface area contributed by atoms with Crippen LogP contribution in [0.2, 0.25) is 0 Å². The molecule has 2 aromatic rings. The van der Waals surface area contributed by atoms with Crippen molar-refractivity contribution in [2.24, 2.45) is 0 Å². The molecule has 1 heterocycles. The van der Waals surface area contributed by atoms with E-state index in [2.05, 4.69) is 29.0 Å². The summed E-state index contributed by atoms with van der Waals surface area (Å²) >= 11 is 0. The SMILES string of the molecule is COCc1nc2ccc(C)cc2[nH]1. The lowest BCUT2D eigenvalue weighted by Crippen LogP contribution is -1.88. The molecule has 3 heteroatoms. The zero-order chi connectivity index (χ0) is 9.26.